The fourth-order valence-electron chi connectivity index (χ4n) is 2.12. The molecule has 2 heterocycles. The number of rotatable bonds is 4. The standard InChI is InChI=1S/C16H12F2N2O2S/c1-10-7-15(22-19-10)16(21)20(9-12-3-2-6-23-12)14-5-4-11(17)8-13(14)18/h2-8H,9H2,1H3. The first-order valence-corrected chi connectivity index (χ1v) is 7.65. The summed E-state index contributed by atoms with van der Waals surface area (Å²) in [5, 5.41) is 5.53. The number of carbonyl (C=O) groups is 1. The van der Waals surface area contributed by atoms with Gasteiger partial charge >= 0.3 is 0 Å². The summed E-state index contributed by atoms with van der Waals surface area (Å²) < 4.78 is 32.3. The molecule has 0 unspecified atom stereocenters. The van der Waals surface area contributed by atoms with Crippen LogP contribution in [0.1, 0.15) is 21.1 Å². The highest BCUT2D eigenvalue weighted by Crippen LogP contribution is 2.25. The van der Waals surface area contributed by atoms with Gasteiger partial charge in [0, 0.05) is 17.0 Å². The summed E-state index contributed by atoms with van der Waals surface area (Å²) in [6, 6.07) is 8.24. The van der Waals surface area contributed by atoms with Crippen molar-refractivity contribution in [2.75, 3.05) is 4.90 Å². The summed E-state index contributed by atoms with van der Waals surface area (Å²) >= 11 is 1.44. The van der Waals surface area contributed by atoms with Crippen LogP contribution in [-0.2, 0) is 6.54 Å². The molecule has 3 aromatic rings. The summed E-state index contributed by atoms with van der Waals surface area (Å²) in [7, 11) is 0. The molecular weight excluding hydrogens is 322 g/mol. The molecular formula is C16H12F2N2O2S. The molecule has 0 aliphatic rings. The van der Waals surface area contributed by atoms with Crippen molar-refractivity contribution >= 4 is 22.9 Å². The van der Waals surface area contributed by atoms with Gasteiger partial charge in [-0.25, -0.2) is 8.78 Å². The van der Waals surface area contributed by atoms with Gasteiger partial charge in [0.1, 0.15) is 11.6 Å². The molecule has 0 N–H and O–H groups in total. The van der Waals surface area contributed by atoms with Crippen LogP contribution in [0.15, 0.2) is 46.3 Å². The third kappa shape index (κ3) is 3.29. The van der Waals surface area contributed by atoms with Crippen LogP contribution in [0.2, 0.25) is 0 Å². The van der Waals surface area contributed by atoms with Crippen LogP contribution in [0.3, 0.4) is 0 Å². The predicted octanol–water partition coefficient (Wildman–Crippen LogP) is 4.17. The van der Waals surface area contributed by atoms with Crippen molar-refractivity contribution in [1.82, 2.24) is 5.16 Å². The van der Waals surface area contributed by atoms with Gasteiger partial charge in [0.2, 0.25) is 5.76 Å². The average molecular weight is 334 g/mol. The van der Waals surface area contributed by atoms with E-state index in [2.05, 4.69) is 5.16 Å². The molecule has 7 heteroatoms. The lowest BCUT2D eigenvalue weighted by molar-refractivity contribution is 0.0948. The van der Waals surface area contributed by atoms with Crippen molar-refractivity contribution in [3.63, 3.8) is 0 Å². The number of hydrogen-bond donors (Lipinski definition) is 0. The maximum Gasteiger partial charge on any atom is 0.297 e. The Morgan fingerprint density at radius 3 is 2.74 bits per heavy atom. The minimum atomic E-state index is -0.814. The van der Waals surface area contributed by atoms with Crippen molar-refractivity contribution in [1.29, 1.82) is 0 Å². The molecule has 2 aromatic heterocycles. The molecule has 0 aliphatic heterocycles. The lowest BCUT2D eigenvalue weighted by atomic mass is 10.2. The Kier molecular flexibility index (Phi) is 4.20. The summed E-state index contributed by atoms with van der Waals surface area (Å²) in [6.07, 6.45) is 0. The summed E-state index contributed by atoms with van der Waals surface area (Å²) in [5.41, 5.74) is 0.530. The van der Waals surface area contributed by atoms with Crippen molar-refractivity contribution in [2.24, 2.45) is 0 Å². The topological polar surface area (TPSA) is 46.3 Å². The van der Waals surface area contributed by atoms with Gasteiger partial charge in [-0.15, -0.1) is 11.3 Å². The number of thiophene rings is 1. The Balaban J connectivity index is 2.00. The molecule has 23 heavy (non-hydrogen) atoms. The lowest BCUT2D eigenvalue weighted by Gasteiger charge is -2.21. The third-order valence-electron chi connectivity index (χ3n) is 3.18. The van der Waals surface area contributed by atoms with Gasteiger partial charge in [0.15, 0.2) is 0 Å². The second-order valence-corrected chi connectivity index (χ2v) is 5.93. The quantitative estimate of drug-likeness (QED) is 0.719. The van der Waals surface area contributed by atoms with Gasteiger partial charge < -0.3 is 4.52 Å². The summed E-state index contributed by atoms with van der Waals surface area (Å²) in [4.78, 5) is 14.7. The number of aryl methyl sites for hydroxylation is 1. The van der Waals surface area contributed by atoms with Crippen LogP contribution in [-0.4, -0.2) is 11.1 Å². The maximum atomic E-state index is 14.1. The van der Waals surface area contributed by atoms with E-state index < -0.39 is 17.5 Å². The number of halogens is 2. The average Bonchev–Trinajstić information content (AvgIpc) is 3.16. The molecule has 3 rings (SSSR count). The second kappa shape index (κ2) is 6.29. The predicted molar refractivity (Wildman–Crippen MR) is 82.4 cm³/mol. The van der Waals surface area contributed by atoms with E-state index in [1.165, 1.54) is 28.4 Å². The Hall–Kier alpha value is -2.54. The van der Waals surface area contributed by atoms with E-state index in [9.17, 15) is 13.6 Å². The molecule has 0 atom stereocenters. The highest BCUT2D eigenvalue weighted by atomic mass is 32.1. The fraction of sp³-hybridized carbons (Fsp3) is 0.125. The van der Waals surface area contributed by atoms with Crippen LogP contribution >= 0.6 is 11.3 Å². The third-order valence-corrected chi connectivity index (χ3v) is 4.04. The zero-order chi connectivity index (χ0) is 16.4. The largest absolute Gasteiger partial charge is 0.351 e. The molecule has 4 nitrogen and oxygen atoms in total. The molecule has 118 valence electrons. The number of nitrogens with zero attached hydrogens (tertiary/aromatic N) is 2. The van der Waals surface area contributed by atoms with Gasteiger partial charge in [0.25, 0.3) is 5.91 Å². The Morgan fingerprint density at radius 2 is 2.13 bits per heavy atom. The maximum absolute atomic E-state index is 14.1. The van der Waals surface area contributed by atoms with E-state index in [0.717, 1.165) is 17.0 Å². The Bertz CT molecular complexity index is 830. The first-order chi connectivity index (χ1) is 11.0. The van der Waals surface area contributed by atoms with E-state index in [1.54, 1.807) is 6.92 Å². The zero-order valence-electron chi connectivity index (χ0n) is 12.1. The fourth-order valence-corrected chi connectivity index (χ4v) is 2.82. The SMILES string of the molecule is Cc1cc(C(=O)N(Cc2cccs2)c2ccc(F)cc2F)on1. The minimum absolute atomic E-state index is 0.00258. The molecule has 0 bridgehead atoms. The molecule has 0 fully saturated rings. The number of hydrogen-bond acceptors (Lipinski definition) is 4. The molecule has 1 aromatic carbocycles. The molecule has 1 amide bonds. The van der Waals surface area contributed by atoms with Crippen molar-refractivity contribution in [2.45, 2.75) is 13.5 Å². The van der Waals surface area contributed by atoms with Crippen LogP contribution in [0.4, 0.5) is 14.5 Å². The summed E-state index contributed by atoms with van der Waals surface area (Å²) in [6.45, 7) is 1.83. The first-order valence-electron chi connectivity index (χ1n) is 6.77. The highest BCUT2D eigenvalue weighted by Gasteiger charge is 2.24. The highest BCUT2D eigenvalue weighted by molar-refractivity contribution is 7.09. The molecule has 0 aliphatic carbocycles. The Labute approximate surface area is 134 Å². The van der Waals surface area contributed by atoms with Gasteiger partial charge in [0.05, 0.1) is 17.9 Å². The van der Waals surface area contributed by atoms with Crippen molar-refractivity contribution < 1.29 is 18.1 Å². The number of amides is 1. The second-order valence-electron chi connectivity index (χ2n) is 4.90. The van der Waals surface area contributed by atoms with Crippen LogP contribution in [0.5, 0.6) is 0 Å². The van der Waals surface area contributed by atoms with Gasteiger partial charge in [-0.1, -0.05) is 11.2 Å². The molecule has 0 saturated heterocycles. The van der Waals surface area contributed by atoms with Crippen LogP contribution in [0.25, 0.3) is 0 Å². The molecule has 0 spiro atoms. The van der Waals surface area contributed by atoms with Crippen LogP contribution < -0.4 is 4.90 Å². The minimum Gasteiger partial charge on any atom is -0.351 e. The van der Waals surface area contributed by atoms with E-state index in [0.29, 0.717) is 5.69 Å². The van der Waals surface area contributed by atoms with Gasteiger partial charge in [-0.3, -0.25) is 9.69 Å². The zero-order valence-corrected chi connectivity index (χ0v) is 12.9. The number of aromatic nitrogens is 1. The monoisotopic (exact) mass is 334 g/mol. The smallest absolute Gasteiger partial charge is 0.297 e. The lowest BCUT2D eigenvalue weighted by Crippen LogP contribution is -2.30. The van der Waals surface area contributed by atoms with E-state index in [4.69, 9.17) is 4.52 Å². The van der Waals surface area contributed by atoms with Gasteiger partial charge in [-0.05, 0) is 30.5 Å². The number of anilines is 1. The van der Waals surface area contributed by atoms with Crippen molar-refractivity contribution in [3.8, 4) is 0 Å². The first kappa shape index (κ1) is 15.4. The van der Waals surface area contributed by atoms with Crippen LogP contribution in [0, 0.1) is 18.6 Å². The molecule has 0 saturated carbocycles. The van der Waals surface area contributed by atoms with E-state index >= 15 is 0 Å². The number of benzene rings is 1. The molecule has 0 radical (unpaired) electrons. The van der Waals surface area contributed by atoms with E-state index in [-0.39, 0.29) is 18.0 Å². The van der Waals surface area contributed by atoms with Gasteiger partial charge in [-0.2, -0.15) is 0 Å². The van der Waals surface area contributed by atoms with Crippen molar-refractivity contribution in [3.05, 3.63) is 69.7 Å². The summed E-state index contributed by atoms with van der Waals surface area (Å²) in [5.74, 6) is -2.05. The number of carbonyl (C=O) groups excluding carboxylic acids is 1. The normalized spacial score (nSPS) is 10.7. The van der Waals surface area contributed by atoms with E-state index in [1.807, 2.05) is 17.5 Å². The Morgan fingerprint density at radius 1 is 1.30 bits per heavy atom.